The molecule has 112 valence electrons. The Morgan fingerprint density at radius 2 is 2.10 bits per heavy atom. The first-order valence-electron chi connectivity index (χ1n) is 7.79. The van der Waals surface area contributed by atoms with Crippen LogP contribution in [0, 0.1) is 11.8 Å². The number of rotatable bonds is 6. The minimum absolute atomic E-state index is 0.174. The van der Waals surface area contributed by atoms with Gasteiger partial charge in [-0.1, -0.05) is 13.8 Å². The highest BCUT2D eigenvalue weighted by atomic mass is 16.5. The molecule has 6 nitrogen and oxygen atoms in total. The largest absolute Gasteiger partial charge is 0.376 e. The predicted octanol–water partition coefficient (Wildman–Crippen LogP) is 1.72. The Kier molecular flexibility index (Phi) is 4.03. The van der Waals surface area contributed by atoms with Gasteiger partial charge in [-0.15, -0.1) is 5.10 Å². The summed E-state index contributed by atoms with van der Waals surface area (Å²) in [6.07, 6.45) is 3.92. The van der Waals surface area contributed by atoms with Gasteiger partial charge < -0.3 is 10.1 Å². The van der Waals surface area contributed by atoms with Crippen LogP contribution in [0.4, 0.5) is 0 Å². The first-order chi connectivity index (χ1) is 9.66. The first-order valence-corrected chi connectivity index (χ1v) is 7.79. The van der Waals surface area contributed by atoms with Crippen molar-refractivity contribution in [2.75, 3.05) is 13.2 Å². The zero-order valence-corrected chi connectivity index (χ0v) is 12.6. The van der Waals surface area contributed by atoms with Gasteiger partial charge in [0.05, 0.1) is 18.2 Å². The first kappa shape index (κ1) is 13.9. The van der Waals surface area contributed by atoms with E-state index in [0.29, 0.717) is 18.1 Å². The van der Waals surface area contributed by atoms with E-state index in [1.54, 1.807) is 0 Å². The average molecular weight is 279 g/mol. The number of hydrogen-bond donors (Lipinski definition) is 1. The number of tetrazole rings is 1. The molecule has 2 aliphatic rings. The van der Waals surface area contributed by atoms with Crippen LogP contribution in [0.3, 0.4) is 0 Å². The van der Waals surface area contributed by atoms with Gasteiger partial charge in [-0.05, 0) is 55.0 Å². The van der Waals surface area contributed by atoms with Crippen molar-refractivity contribution in [2.24, 2.45) is 11.8 Å². The Morgan fingerprint density at radius 1 is 1.30 bits per heavy atom. The maximum absolute atomic E-state index is 5.91. The molecule has 20 heavy (non-hydrogen) atoms. The van der Waals surface area contributed by atoms with Gasteiger partial charge in [-0.2, -0.15) is 0 Å². The molecule has 2 heterocycles. The van der Waals surface area contributed by atoms with Gasteiger partial charge in [0.2, 0.25) is 0 Å². The molecule has 1 saturated heterocycles. The van der Waals surface area contributed by atoms with E-state index >= 15 is 0 Å². The lowest BCUT2D eigenvalue weighted by Crippen LogP contribution is -2.30. The number of nitrogens with one attached hydrogen (secondary N) is 1. The number of ether oxygens (including phenoxy) is 1. The lowest BCUT2D eigenvalue weighted by atomic mass is 10.1. The van der Waals surface area contributed by atoms with E-state index in [2.05, 4.69) is 41.6 Å². The monoisotopic (exact) mass is 279 g/mol. The molecule has 1 aromatic heterocycles. The maximum Gasteiger partial charge on any atom is 0.168 e. The van der Waals surface area contributed by atoms with Gasteiger partial charge in [-0.25, -0.2) is 4.68 Å². The number of nitrogens with zero attached hydrogens (tertiary/aromatic N) is 4. The van der Waals surface area contributed by atoms with Gasteiger partial charge in [-0.3, -0.25) is 0 Å². The van der Waals surface area contributed by atoms with Crippen LogP contribution in [0.25, 0.3) is 0 Å². The minimum Gasteiger partial charge on any atom is -0.376 e. The molecule has 1 aromatic rings. The third-order valence-electron chi connectivity index (χ3n) is 4.24. The summed E-state index contributed by atoms with van der Waals surface area (Å²) in [5.41, 5.74) is 0. The summed E-state index contributed by atoms with van der Waals surface area (Å²) in [5.74, 6) is 2.28. The van der Waals surface area contributed by atoms with Crippen molar-refractivity contribution in [1.82, 2.24) is 25.5 Å². The molecule has 3 rings (SSSR count). The van der Waals surface area contributed by atoms with E-state index in [1.807, 2.05) is 4.68 Å². The van der Waals surface area contributed by atoms with Gasteiger partial charge in [0.15, 0.2) is 5.82 Å². The fourth-order valence-corrected chi connectivity index (χ4v) is 2.96. The van der Waals surface area contributed by atoms with Crippen LogP contribution in [-0.4, -0.2) is 39.5 Å². The average Bonchev–Trinajstić information content (AvgIpc) is 2.97. The Hall–Kier alpha value is -1.01. The summed E-state index contributed by atoms with van der Waals surface area (Å²) < 4.78 is 7.92. The van der Waals surface area contributed by atoms with E-state index < -0.39 is 0 Å². The molecular formula is C14H25N5O. The topological polar surface area (TPSA) is 64.9 Å². The molecule has 1 N–H and O–H groups in total. The fourth-order valence-electron chi connectivity index (χ4n) is 2.96. The van der Waals surface area contributed by atoms with E-state index in [0.717, 1.165) is 31.3 Å². The molecule has 3 unspecified atom stereocenters. The zero-order valence-electron chi connectivity index (χ0n) is 12.6. The number of hydrogen-bond acceptors (Lipinski definition) is 5. The second-order valence-electron chi connectivity index (χ2n) is 6.53. The van der Waals surface area contributed by atoms with Crippen molar-refractivity contribution in [1.29, 1.82) is 0 Å². The second kappa shape index (κ2) is 5.77. The highest BCUT2D eigenvalue weighted by Gasteiger charge is 2.43. The Morgan fingerprint density at radius 3 is 2.80 bits per heavy atom. The van der Waals surface area contributed by atoms with Crippen LogP contribution in [0.15, 0.2) is 0 Å². The molecule has 1 aliphatic carbocycles. The van der Waals surface area contributed by atoms with Crippen LogP contribution in [0.1, 0.15) is 57.9 Å². The molecule has 3 atom stereocenters. The van der Waals surface area contributed by atoms with Crippen molar-refractivity contribution >= 4 is 0 Å². The van der Waals surface area contributed by atoms with Crippen LogP contribution in [-0.2, 0) is 4.74 Å². The summed E-state index contributed by atoms with van der Waals surface area (Å²) >= 11 is 0. The highest BCUT2D eigenvalue weighted by Crippen LogP contribution is 2.43. The van der Waals surface area contributed by atoms with Crippen molar-refractivity contribution in [3.05, 3.63) is 5.82 Å². The summed E-state index contributed by atoms with van der Waals surface area (Å²) in [5, 5.41) is 15.9. The standard InChI is InChI=1S/C14H25N5O/c1-9(2)8-15-10(3)14-16-17-18-19(14)12-6-7-20-13(12)11-4-5-11/h9-13,15H,4-8H2,1-3H3. The summed E-state index contributed by atoms with van der Waals surface area (Å²) in [6, 6.07) is 0.489. The van der Waals surface area contributed by atoms with Crippen molar-refractivity contribution in [3.8, 4) is 0 Å². The Labute approximate surface area is 120 Å². The minimum atomic E-state index is 0.174. The van der Waals surface area contributed by atoms with Crippen molar-refractivity contribution in [3.63, 3.8) is 0 Å². The number of aromatic nitrogens is 4. The summed E-state index contributed by atoms with van der Waals surface area (Å²) in [4.78, 5) is 0. The molecule has 6 heteroatoms. The van der Waals surface area contributed by atoms with Crippen molar-refractivity contribution < 1.29 is 4.74 Å². The summed E-state index contributed by atoms with van der Waals surface area (Å²) in [7, 11) is 0. The van der Waals surface area contributed by atoms with E-state index in [4.69, 9.17) is 4.74 Å². The van der Waals surface area contributed by atoms with Crippen LogP contribution >= 0.6 is 0 Å². The Bertz CT molecular complexity index is 443. The third kappa shape index (κ3) is 2.86. The predicted molar refractivity (Wildman–Crippen MR) is 75.2 cm³/mol. The Balaban J connectivity index is 1.72. The highest BCUT2D eigenvalue weighted by molar-refractivity contribution is 4.98. The molecule has 0 bridgehead atoms. The van der Waals surface area contributed by atoms with Crippen molar-refractivity contribution in [2.45, 2.75) is 58.2 Å². The van der Waals surface area contributed by atoms with Crippen LogP contribution < -0.4 is 5.32 Å². The molecular weight excluding hydrogens is 254 g/mol. The normalized spacial score (nSPS) is 28.2. The fraction of sp³-hybridized carbons (Fsp3) is 0.929. The SMILES string of the molecule is CC(C)CNC(C)c1nnnn1C1CCOC1C1CC1. The van der Waals surface area contributed by atoms with E-state index in [-0.39, 0.29) is 6.04 Å². The van der Waals surface area contributed by atoms with E-state index in [9.17, 15) is 0 Å². The quantitative estimate of drug-likeness (QED) is 0.859. The molecule has 2 fully saturated rings. The molecule has 0 spiro atoms. The van der Waals surface area contributed by atoms with Gasteiger partial charge in [0.1, 0.15) is 0 Å². The third-order valence-corrected chi connectivity index (χ3v) is 4.24. The summed E-state index contributed by atoms with van der Waals surface area (Å²) in [6.45, 7) is 8.35. The molecule has 0 radical (unpaired) electrons. The van der Waals surface area contributed by atoms with Crippen LogP contribution in [0.5, 0.6) is 0 Å². The lowest BCUT2D eigenvalue weighted by molar-refractivity contribution is 0.0711. The van der Waals surface area contributed by atoms with Gasteiger partial charge in [0, 0.05) is 6.61 Å². The second-order valence-corrected chi connectivity index (χ2v) is 6.53. The smallest absolute Gasteiger partial charge is 0.168 e. The van der Waals surface area contributed by atoms with Gasteiger partial charge >= 0.3 is 0 Å². The molecule has 1 saturated carbocycles. The maximum atomic E-state index is 5.91. The van der Waals surface area contributed by atoms with Gasteiger partial charge in [0.25, 0.3) is 0 Å². The zero-order chi connectivity index (χ0) is 14.1. The lowest BCUT2D eigenvalue weighted by Gasteiger charge is -2.21. The molecule has 1 aliphatic heterocycles. The van der Waals surface area contributed by atoms with E-state index in [1.165, 1.54) is 12.8 Å². The molecule has 0 amide bonds. The van der Waals surface area contributed by atoms with Crippen LogP contribution in [0.2, 0.25) is 0 Å². The molecule has 0 aromatic carbocycles.